The average molecular weight is 424 g/mol. The fourth-order valence-electron chi connectivity index (χ4n) is 2.73. The number of amides is 1. The number of rotatable bonds is 7. The number of hydrogen-bond donors (Lipinski definition) is 1. The first-order valence-corrected chi connectivity index (χ1v) is 10.2. The van der Waals surface area contributed by atoms with Gasteiger partial charge in [-0.2, -0.15) is 17.5 Å². The lowest BCUT2D eigenvalue weighted by molar-refractivity contribution is -0.184. The summed E-state index contributed by atoms with van der Waals surface area (Å²) in [5, 5.41) is 2.37. The second-order valence-electron chi connectivity index (χ2n) is 6.38. The number of sulfonamides is 1. The molecule has 1 aliphatic heterocycles. The Balaban J connectivity index is 2.19. The Morgan fingerprint density at radius 3 is 2.46 bits per heavy atom. The fourth-order valence-corrected chi connectivity index (χ4v) is 4.27. The van der Waals surface area contributed by atoms with Crippen LogP contribution < -0.4 is 10.1 Å². The molecule has 28 heavy (non-hydrogen) atoms. The van der Waals surface area contributed by atoms with Crippen molar-refractivity contribution in [3.63, 3.8) is 0 Å². The standard InChI is InChI=1S/C17H23F3N2O5S/c1-12(27-11-17(18,19)20)16(23)21-14-10-13(6-7-15(14)26-2)28(24,25)22-8-4-3-5-9-22/h6-7,10,12H,3-5,8-9,11H2,1-2H3,(H,21,23). The molecule has 7 nitrogen and oxygen atoms in total. The van der Waals surface area contributed by atoms with Crippen LogP contribution >= 0.6 is 0 Å². The predicted molar refractivity (Wildman–Crippen MR) is 95.7 cm³/mol. The van der Waals surface area contributed by atoms with Crippen LogP contribution in [-0.2, 0) is 19.6 Å². The van der Waals surface area contributed by atoms with Crippen molar-refractivity contribution in [1.82, 2.24) is 4.31 Å². The summed E-state index contributed by atoms with van der Waals surface area (Å²) in [7, 11) is -2.42. The highest BCUT2D eigenvalue weighted by atomic mass is 32.2. The maximum absolute atomic E-state index is 12.8. The molecule has 1 aromatic rings. The zero-order valence-electron chi connectivity index (χ0n) is 15.6. The van der Waals surface area contributed by atoms with Crippen LogP contribution in [0.25, 0.3) is 0 Å². The molecule has 0 saturated carbocycles. The van der Waals surface area contributed by atoms with Crippen LogP contribution in [0, 0.1) is 0 Å². The van der Waals surface area contributed by atoms with Crippen molar-refractivity contribution >= 4 is 21.6 Å². The molecule has 1 aromatic carbocycles. The summed E-state index contributed by atoms with van der Waals surface area (Å²) in [5.41, 5.74) is 0.0352. The van der Waals surface area contributed by atoms with Crippen LogP contribution in [0.3, 0.4) is 0 Å². The number of methoxy groups -OCH3 is 1. The number of nitrogens with zero attached hydrogens (tertiary/aromatic N) is 1. The molecule has 0 bridgehead atoms. The first-order chi connectivity index (χ1) is 13.0. The third-order valence-electron chi connectivity index (χ3n) is 4.25. The van der Waals surface area contributed by atoms with Gasteiger partial charge in [-0.25, -0.2) is 8.42 Å². The highest BCUT2D eigenvalue weighted by Crippen LogP contribution is 2.30. The zero-order valence-corrected chi connectivity index (χ0v) is 16.4. The topological polar surface area (TPSA) is 84.9 Å². The zero-order chi connectivity index (χ0) is 20.9. The summed E-state index contributed by atoms with van der Waals surface area (Å²) in [5.74, 6) is -0.677. The molecular formula is C17H23F3N2O5S. The van der Waals surface area contributed by atoms with Crippen molar-refractivity contribution in [2.45, 2.75) is 43.4 Å². The molecule has 1 heterocycles. The molecule has 0 spiro atoms. The van der Waals surface area contributed by atoms with Crippen LogP contribution in [0.15, 0.2) is 23.1 Å². The quantitative estimate of drug-likeness (QED) is 0.728. The van der Waals surface area contributed by atoms with E-state index < -0.39 is 34.8 Å². The van der Waals surface area contributed by atoms with Gasteiger partial charge in [-0.1, -0.05) is 6.42 Å². The van der Waals surface area contributed by atoms with Gasteiger partial charge in [0.05, 0.1) is 17.7 Å². The first kappa shape index (κ1) is 22.4. The minimum Gasteiger partial charge on any atom is -0.495 e. The monoisotopic (exact) mass is 424 g/mol. The van der Waals surface area contributed by atoms with Crippen molar-refractivity contribution in [3.8, 4) is 5.75 Å². The smallest absolute Gasteiger partial charge is 0.411 e. The Morgan fingerprint density at radius 2 is 1.89 bits per heavy atom. The van der Waals surface area contributed by atoms with E-state index in [1.165, 1.54) is 36.5 Å². The molecule has 1 saturated heterocycles. The lowest BCUT2D eigenvalue weighted by Crippen LogP contribution is -2.35. The molecule has 1 fully saturated rings. The number of alkyl halides is 3. The number of ether oxygens (including phenoxy) is 2. The van der Waals surface area contributed by atoms with Gasteiger partial charge in [0, 0.05) is 13.1 Å². The Morgan fingerprint density at radius 1 is 1.25 bits per heavy atom. The minimum atomic E-state index is -4.56. The average Bonchev–Trinajstić information content (AvgIpc) is 2.66. The third kappa shape index (κ3) is 5.82. The van der Waals surface area contributed by atoms with Crippen molar-refractivity contribution in [3.05, 3.63) is 18.2 Å². The lowest BCUT2D eigenvalue weighted by Gasteiger charge is -2.26. The summed E-state index contributed by atoms with van der Waals surface area (Å²) in [4.78, 5) is 12.1. The Labute approximate surface area is 161 Å². The highest BCUT2D eigenvalue weighted by Gasteiger charge is 2.30. The molecule has 1 aliphatic rings. The van der Waals surface area contributed by atoms with Gasteiger partial charge in [-0.3, -0.25) is 4.79 Å². The second-order valence-corrected chi connectivity index (χ2v) is 8.32. The van der Waals surface area contributed by atoms with E-state index >= 15 is 0 Å². The maximum Gasteiger partial charge on any atom is 0.411 e. The summed E-state index contributed by atoms with van der Waals surface area (Å²) in [6.45, 7) is 0.431. The molecule has 0 aliphatic carbocycles. The van der Waals surface area contributed by atoms with Gasteiger partial charge in [-0.15, -0.1) is 0 Å². The third-order valence-corrected chi connectivity index (χ3v) is 6.14. The van der Waals surface area contributed by atoms with Crippen molar-refractivity contribution in [2.75, 3.05) is 32.1 Å². The first-order valence-electron chi connectivity index (χ1n) is 8.72. The number of halogens is 3. The number of carbonyl (C=O) groups is 1. The van der Waals surface area contributed by atoms with E-state index in [2.05, 4.69) is 10.1 Å². The van der Waals surface area contributed by atoms with Crippen molar-refractivity contribution < 1.29 is 35.9 Å². The van der Waals surface area contributed by atoms with Crippen LogP contribution in [-0.4, -0.2) is 57.7 Å². The van der Waals surface area contributed by atoms with E-state index in [0.717, 1.165) is 19.3 Å². The second kappa shape index (κ2) is 9.10. The summed E-state index contributed by atoms with van der Waals surface area (Å²) in [6.07, 6.45) is -3.45. The van der Waals surface area contributed by atoms with Gasteiger partial charge in [0.2, 0.25) is 10.0 Å². The van der Waals surface area contributed by atoms with Gasteiger partial charge < -0.3 is 14.8 Å². The maximum atomic E-state index is 12.8. The Bertz CT molecular complexity index is 792. The molecule has 1 atom stereocenters. The van der Waals surface area contributed by atoms with Gasteiger partial charge in [0.25, 0.3) is 5.91 Å². The van der Waals surface area contributed by atoms with E-state index in [9.17, 15) is 26.4 Å². The number of benzene rings is 1. The van der Waals surface area contributed by atoms with E-state index in [1.807, 2.05) is 0 Å². The van der Waals surface area contributed by atoms with E-state index in [1.54, 1.807) is 0 Å². The van der Waals surface area contributed by atoms with Gasteiger partial charge in [0.15, 0.2) is 0 Å². The molecule has 0 radical (unpaired) electrons. The van der Waals surface area contributed by atoms with Crippen molar-refractivity contribution in [2.24, 2.45) is 0 Å². The van der Waals surface area contributed by atoms with Crippen molar-refractivity contribution in [1.29, 1.82) is 0 Å². The van der Waals surface area contributed by atoms with Crippen LogP contribution in [0.4, 0.5) is 18.9 Å². The Hall–Kier alpha value is -1.85. The highest BCUT2D eigenvalue weighted by molar-refractivity contribution is 7.89. The molecule has 1 N–H and O–H groups in total. The molecule has 0 aromatic heterocycles. The number of piperidine rings is 1. The summed E-state index contributed by atoms with van der Waals surface area (Å²) in [6, 6.07) is 3.98. The van der Waals surface area contributed by atoms with E-state index in [-0.39, 0.29) is 16.3 Å². The molecule has 11 heteroatoms. The number of hydrogen-bond acceptors (Lipinski definition) is 5. The van der Waals surface area contributed by atoms with Gasteiger partial charge in [-0.05, 0) is 38.0 Å². The summed E-state index contributed by atoms with van der Waals surface area (Å²) >= 11 is 0. The van der Waals surface area contributed by atoms with Crippen LogP contribution in [0.2, 0.25) is 0 Å². The van der Waals surface area contributed by atoms with E-state index in [0.29, 0.717) is 13.1 Å². The normalized spacial score (nSPS) is 17.2. The molecule has 158 valence electrons. The number of nitrogens with one attached hydrogen (secondary N) is 1. The van der Waals surface area contributed by atoms with Crippen LogP contribution in [0.1, 0.15) is 26.2 Å². The fraction of sp³-hybridized carbons (Fsp3) is 0.588. The summed E-state index contributed by atoms with van der Waals surface area (Å²) < 4.78 is 73.3. The lowest BCUT2D eigenvalue weighted by atomic mass is 10.2. The van der Waals surface area contributed by atoms with Gasteiger partial charge in [0.1, 0.15) is 18.5 Å². The molecule has 1 unspecified atom stereocenters. The SMILES string of the molecule is COc1ccc(S(=O)(=O)N2CCCCC2)cc1NC(=O)C(C)OCC(F)(F)F. The minimum absolute atomic E-state index is 0.0330. The van der Waals surface area contributed by atoms with E-state index in [4.69, 9.17) is 4.74 Å². The molecule has 2 rings (SSSR count). The largest absolute Gasteiger partial charge is 0.495 e. The number of carbonyl (C=O) groups excluding carboxylic acids is 1. The Kier molecular flexibility index (Phi) is 7.29. The molecule has 1 amide bonds. The predicted octanol–water partition coefficient (Wildman–Crippen LogP) is 2.78. The number of anilines is 1. The molecular weight excluding hydrogens is 401 g/mol. The van der Waals surface area contributed by atoms with Crippen LogP contribution in [0.5, 0.6) is 5.75 Å². The van der Waals surface area contributed by atoms with Gasteiger partial charge >= 0.3 is 6.18 Å².